The van der Waals surface area contributed by atoms with Gasteiger partial charge in [-0.15, -0.1) is 0 Å². The van der Waals surface area contributed by atoms with Gasteiger partial charge in [0.15, 0.2) is 0 Å². The maximum atomic E-state index is 12.7. The fourth-order valence-corrected chi connectivity index (χ4v) is 3.50. The van der Waals surface area contributed by atoms with Crippen molar-refractivity contribution < 1.29 is 9.53 Å². The van der Waals surface area contributed by atoms with Crippen LogP contribution in [-0.4, -0.2) is 18.1 Å². The summed E-state index contributed by atoms with van der Waals surface area (Å²) in [6.45, 7) is 6.67. The summed E-state index contributed by atoms with van der Waals surface area (Å²) in [6, 6.07) is 7.96. The van der Waals surface area contributed by atoms with Crippen LogP contribution in [0.4, 0.5) is 5.69 Å². The predicted molar refractivity (Wildman–Crippen MR) is 89.3 cm³/mol. The van der Waals surface area contributed by atoms with Crippen molar-refractivity contribution in [2.45, 2.75) is 45.6 Å². The Bertz CT molecular complexity index is 488. The Morgan fingerprint density at radius 3 is 2.67 bits per heavy atom. The van der Waals surface area contributed by atoms with E-state index < -0.39 is 5.54 Å². The second-order valence-corrected chi connectivity index (χ2v) is 6.90. The number of nitrogens with one attached hydrogen (secondary N) is 1. The summed E-state index contributed by atoms with van der Waals surface area (Å²) < 4.78 is 6.42. The molecule has 0 aliphatic heterocycles. The van der Waals surface area contributed by atoms with E-state index in [1.807, 2.05) is 31.2 Å². The first kappa shape index (κ1) is 16.3. The van der Waals surface area contributed by atoms with Crippen LogP contribution in [0.2, 0.25) is 0 Å². The second kappa shape index (κ2) is 6.82. The van der Waals surface area contributed by atoms with Crippen molar-refractivity contribution in [3.63, 3.8) is 0 Å². The molecule has 3 nitrogen and oxygen atoms in total. The van der Waals surface area contributed by atoms with Crippen molar-refractivity contribution in [2.75, 3.05) is 11.9 Å². The second-order valence-electron chi connectivity index (χ2n) is 5.98. The lowest BCUT2D eigenvalue weighted by Gasteiger charge is -2.44. The summed E-state index contributed by atoms with van der Waals surface area (Å²) >= 11 is 3.44. The minimum absolute atomic E-state index is 0.119. The van der Waals surface area contributed by atoms with Crippen molar-refractivity contribution in [1.29, 1.82) is 0 Å². The van der Waals surface area contributed by atoms with Crippen molar-refractivity contribution in [1.82, 2.24) is 0 Å². The van der Waals surface area contributed by atoms with Gasteiger partial charge in [-0.2, -0.15) is 0 Å². The molecule has 1 fully saturated rings. The molecule has 0 aromatic heterocycles. The Kier molecular flexibility index (Phi) is 5.31. The highest BCUT2D eigenvalue weighted by Crippen LogP contribution is 2.41. The minimum atomic E-state index is -0.610. The highest BCUT2D eigenvalue weighted by atomic mass is 79.9. The highest BCUT2D eigenvalue weighted by molar-refractivity contribution is 9.10. The van der Waals surface area contributed by atoms with Gasteiger partial charge < -0.3 is 10.1 Å². The first-order valence-corrected chi connectivity index (χ1v) is 8.50. The molecule has 1 aromatic rings. The lowest BCUT2D eigenvalue weighted by Crippen LogP contribution is -2.56. The van der Waals surface area contributed by atoms with E-state index in [2.05, 4.69) is 35.1 Å². The zero-order valence-electron chi connectivity index (χ0n) is 13.0. The zero-order chi connectivity index (χ0) is 15.5. The van der Waals surface area contributed by atoms with Gasteiger partial charge in [-0.25, -0.2) is 4.79 Å². The van der Waals surface area contributed by atoms with Crippen molar-refractivity contribution in [3.05, 3.63) is 28.7 Å². The molecule has 1 aromatic carbocycles. The van der Waals surface area contributed by atoms with Crippen LogP contribution < -0.4 is 5.32 Å². The van der Waals surface area contributed by atoms with Gasteiger partial charge in [-0.1, -0.05) is 42.6 Å². The number of hydrogen-bond acceptors (Lipinski definition) is 3. The van der Waals surface area contributed by atoms with Gasteiger partial charge in [0.2, 0.25) is 0 Å². The van der Waals surface area contributed by atoms with Crippen LogP contribution in [0.15, 0.2) is 28.7 Å². The average molecular weight is 354 g/mol. The zero-order valence-corrected chi connectivity index (χ0v) is 14.6. The molecule has 0 bridgehead atoms. The maximum Gasteiger partial charge on any atom is 0.332 e. The normalized spacial score (nSPS) is 29.0. The highest BCUT2D eigenvalue weighted by Gasteiger charge is 2.48. The summed E-state index contributed by atoms with van der Waals surface area (Å²) in [6.07, 6.45) is 3.05. The topological polar surface area (TPSA) is 38.3 Å². The van der Waals surface area contributed by atoms with E-state index in [0.29, 0.717) is 12.5 Å². The third kappa shape index (κ3) is 3.42. The first-order chi connectivity index (χ1) is 9.99. The third-order valence-electron chi connectivity index (χ3n) is 4.71. The number of benzene rings is 1. The van der Waals surface area contributed by atoms with Crippen LogP contribution in [0.1, 0.15) is 40.0 Å². The number of anilines is 1. The van der Waals surface area contributed by atoms with Gasteiger partial charge in [-0.3, -0.25) is 0 Å². The van der Waals surface area contributed by atoms with E-state index in [4.69, 9.17) is 4.74 Å². The van der Waals surface area contributed by atoms with E-state index in [9.17, 15) is 4.79 Å². The number of halogens is 1. The largest absolute Gasteiger partial charge is 0.464 e. The summed E-state index contributed by atoms with van der Waals surface area (Å²) in [5.74, 6) is 0.632. The summed E-state index contributed by atoms with van der Waals surface area (Å²) in [7, 11) is 0. The Balaban J connectivity index is 2.31. The molecule has 4 heteroatoms. The standard InChI is InChI=1S/C17H24BrNO2/c1-4-21-16(20)17(11-5-6-12(2)13(17)3)19-15-9-7-14(18)8-10-15/h7-10,12-13,19H,4-6,11H2,1-3H3. The number of rotatable bonds is 4. The van der Waals surface area contributed by atoms with E-state index >= 15 is 0 Å². The van der Waals surface area contributed by atoms with Crippen molar-refractivity contribution in [2.24, 2.45) is 11.8 Å². The molecule has 116 valence electrons. The molecule has 0 saturated heterocycles. The smallest absolute Gasteiger partial charge is 0.332 e. The van der Waals surface area contributed by atoms with Gasteiger partial charge in [0.05, 0.1) is 6.61 Å². The summed E-state index contributed by atoms with van der Waals surface area (Å²) in [5, 5.41) is 3.49. The molecule has 1 aliphatic carbocycles. The van der Waals surface area contributed by atoms with Crippen LogP contribution in [-0.2, 0) is 9.53 Å². The fourth-order valence-electron chi connectivity index (χ4n) is 3.23. The molecular weight excluding hydrogens is 330 g/mol. The van der Waals surface area contributed by atoms with E-state index in [-0.39, 0.29) is 11.9 Å². The maximum absolute atomic E-state index is 12.7. The van der Waals surface area contributed by atoms with Crippen LogP contribution in [0, 0.1) is 11.8 Å². The molecule has 0 spiro atoms. The molecular formula is C17H24BrNO2. The average Bonchev–Trinajstić information content (AvgIpc) is 2.46. The van der Waals surface area contributed by atoms with E-state index in [1.165, 1.54) is 6.42 Å². The number of esters is 1. The molecule has 1 N–H and O–H groups in total. The van der Waals surface area contributed by atoms with Gasteiger partial charge in [-0.05, 0) is 49.4 Å². The Morgan fingerprint density at radius 2 is 2.05 bits per heavy atom. The quantitative estimate of drug-likeness (QED) is 0.802. The first-order valence-electron chi connectivity index (χ1n) is 7.70. The summed E-state index contributed by atoms with van der Waals surface area (Å²) in [5.41, 5.74) is 0.355. The third-order valence-corrected chi connectivity index (χ3v) is 5.24. The molecule has 3 unspecified atom stereocenters. The van der Waals surface area contributed by atoms with Crippen LogP contribution in [0.3, 0.4) is 0 Å². The van der Waals surface area contributed by atoms with Crippen molar-refractivity contribution >= 4 is 27.6 Å². The molecule has 0 radical (unpaired) electrons. The lowest BCUT2D eigenvalue weighted by atomic mass is 9.68. The number of carbonyl (C=O) groups is 1. The minimum Gasteiger partial charge on any atom is -0.464 e. The van der Waals surface area contributed by atoms with Gasteiger partial charge in [0, 0.05) is 10.2 Å². The van der Waals surface area contributed by atoms with Gasteiger partial charge in [0.25, 0.3) is 0 Å². The number of carbonyl (C=O) groups excluding carboxylic acids is 1. The van der Waals surface area contributed by atoms with E-state index in [1.54, 1.807) is 0 Å². The van der Waals surface area contributed by atoms with Crippen LogP contribution >= 0.6 is 15.9 Å². The molecule has 1 aliphatic rings. The predicted octanol–water partition coefficient (Wildman–Crippen LogP) is 4.62. The molecule has 21 heavy (non-hydrogen) atoms. The molecule has 0 amide bonds. The molecule has 0 heterocycles. The van der Waals surface area contributed by atoms with Crippen molar-refractivity contribution in [3.8, 4) is 0 Å². The van der Waals surface area contributed by atoms with E-state index in [0.717, 1.165) is 23.0 Å². The summed E-state index contributed by atoms with van der Waals surface area (Å²) in [4.78, 5) is 12.7. The molecule has 2 rings (SSSR count). The fraction of sp³-hybridized carbons (Fsp3) is 0.588. The van der Waals surface area contributed by atoms with Gasteiger partial charge >= 0.3 is 5.97 Å². The number of ether oxygens (including phenoxy) is 1. The molecule has 1 saturated carbocycles. The lowest BCUT2D eigenvalue weighted by molar-refractivity contribution is -0.152. The molecule has 3 atom stereocenters. The van der Waals surface area contributed by atoms with Crippen LogP contribution in [0.5, 0.6) is 0 Å². The Labute approximate surface area is 135 Å². The van der Waals surface area contributed by atoms with Crippen LogP contribution in [0.25, 0.3) is 0 Å². The number of hydrogen-bond donors (Lipinski definition) is 1. The Morgan fingerprint density at radius 1 is 1.38 bits per heavy atom. The monoisotopic (exact) mass is 353 g/mol. The SMILES string of the molecule is CCOC(=O)C1(Nc2ccc(Br)cc2)CCCC(C)C1C. The Hall–Kier alpha value is -1.03. The van der Waals surface area contributed by atoms with Gasteiger partial charge in [0.1, 0.15) is 5.54 Å².